The Morgan fingerprint density at radius 1 is 0.290 bits per heavy atom. The van der Waals surface area contributed by atoms with Gasteiger partial charge in [0.05, 0.1) is 71.6 Å². The fraction of sp³-hybridized carbons (Fsp3) is 0.922. The van der Waals surface area contributed by atoms with E-state index in [-0.39, 0.29) is 12.3 Å². The third-order valence-corrected chi connectivity index (χ3v) is 26.2. The van der Waals surface area contributed by atoms with Crippen LogP contribution in [0.4, 0.5) is 0 Å². The van der Waals surface area contributed by atoms with Gasteiger partial charge in [-0.05, 0) is 19.3 Å². The molecule has 8 rings (SSSR count). The van der Waals surface area contributed by atoms with Crippen LogP contribution in [0.3, 0.4) is 0 Å². The molecule has 0 radical (unpaired) electrons. The third kappa shape index (κ3) is 33.8. The Hall–Kier alpha value is -4.43. The van der Waals surface area contributed by atoms with E-state index in [4.69, 9.17) is 75.8 Å². The maximum absolute atomic E-state index is 13.6. The second-order valence-electron chi connectivity index (χ2n) is 37.1. The SMILES string of the molecule is CCCCCCCCCCCCC/C=C/[C@@H](O)[C@H](CO[C@@H]1OC(CO)[C@@H](O[C@@H]2OC(CO)[C@H](O)[C@H](O[C@@H]3OC(CO)[C@@H](O)[C@H](O[C@@H]4OC(CO[C@@H]5OC(CO)[C@@H](O)[C@H](O)C5NC(C)=O)[C@H](O)[C@H](O[C@@H]5OC(CO)[C@@H](O)[C@H](O[C@@H]6OC(CO)[C@H](O)[C@H](O[C@H]7OC(CO)[C@H](O)[C@H](O)C7NC(C)=O)C6O)C5NC(C)=O)C4O)C3NC(C)=O)C2O)[C@H](O)C1O)NC(=O)CCCCCCCCCCCCCCC. The number of allylic oxidation sites excluding steroid dienone is 1. The molecule has 48 heteroatoms. The predicted molar refractivity (Wildman–Crippen MR) is 473 cm³/mol. The average molecular weight is 2000 g/mol. The molecule has 0 spiro atoms. The van der Waals surface area contributed by atoms with Crippen LogP contribution in [0.1, 0.15) is 208 Å². The third-order valence-electron chi connectivity index (χ3n) is 26.2. The first-order valence-electron chi connectivity index (χ1n) is 49.0. The molecule has 8 aliphatic heterocycles. The molecule has 0 aliphatic carbocycles. The van der Waals surface area contributed by atoms with Gasteiger partial charge >= 0.3 is 0 Å². The van der Waals surface area contributed by atoms with Crippen molar-refractivity contribution in [1.82, 2.24) is 26.6 Å². The second-order valence-corrected chi connectivity index (χ2v) is 37.1. The first-order chi connectivity index (χ1) is 66.0. The highest BCUT2D eigenvalue weighted by atomic mass is 16.8. The lowest BCUT2D eigenvalue weighted by Crippen LogP contribution is -2.71. The summed E-state index contributed by atoms with van der Waals surface area (Å²) in [5.41, 5.74) is 0. The fourth-order valence-corrected chi connectivity index (χ4v) is 18.4. The molecule has 0 aromatic rings. The van der Waals surface area contributed by atoms with Gasteiger partial charge in [-0.25, -0.2) is 0 Å². The highest BCUT2D eigenvalue weighted by Crippen LogP contribution is 2.40. The lowest BCUT2D eigenvalue weighted by molar-refractivity contribution is -0.389. The molecule has 0 saturated carbocycles. The monoisotopic (exact) mass is 2000 g/mol. The van der Waals surface area contributed by atoms with E-state index < -0.39 is 341 Å². The summed E-state index contributed by atoms with van der Waals surface area (Å²) >= 11 is 0. The van der Waals surface area contributed by atoms with Gasteiger partial charge in [0.15, 0.2) is 50.3 Å². The maximum atomic E-state index is 13.6. The van der Waals surface area contributed by atoms with E-state index in [0.717, 1.165) is 85.5 Å². The number of ether oxygens (including phenoxy) is 16. The van der Waals surface area contributed by atoms with Gasteiger partial charge in [-0.2, -0.15) is 0 Å². The van der Waals surface area contributed by atoms with Gasteiger partial charge in [0.1, 0.15) is 195 Å². The van der Waals surface area contributed by atoms with Crippen LogP contribution in [-0.2, 0) is 99.8 Å². The number of aliphatic hydroxyl groups is 22. The van der Waals surface area contributed by atoms with Gasteiger partial charge < -0.3 is 215 Å². The van der Waals surface area contributed by atoms with E-state index in [0.29, 0.717) is 12.8 Å². The summed E-state index contributed by atoms with van der Waals surface area (Å²) in [6.45, 7) is -0.750. The highest BCUT2D eigenvalue weighted by molar-refractivity contribution is 5.76. The average Bonchev–Trinajstić information content (AvgIpc) is 0.770. The molecule has 16 unspecified atom stereocenters. The molecule has 8 saturated heterocycles. The van der Waals surface area contributed by atoms with Crippen molar-refractivity contribution in [3.63, 3.8) is 0 Å². The Bertz CT molecular complexity index is 3490. The van der Waals surface area contributed by atoms with Crippen LogP contribution in [0.15, 0.2) is 12.2 Å². The Morgan fingerprint density at radius 2 is 0.580 bits per heavy atom. The van der Waals surface area contributed by atoms with Crippen LogP contribution >= 0.6 is 0 Å². The number of hydrogen-bond donors (Lipinski definition) is 27. The molecule has 802 valence electrons. The number of aliphatic hydroxyl groups excluding tert-OH is 22. The standard InChI is InChI=1S/C90H159N5O43/c1-7-9-11-13-15-17-19-21-23-25-27-29-31-33-49(107)48(95-58(108)34-32-30-28-26-24-22-20-18-16-14-12-10-8-2)42-123-87-73(119)72(118)77(56(41-102)131-87)133-88-74(120)81(68(114)54(39-100)129-88)137-85-62(94-47(6)106)79(66(112)53(38-99)127-85)135-90-76(122)82(69(115)57(132-90)43-124-83-59(91-44(3)103)70(116)63(109)50(35-96)125-83)138-86-61(93-46(5)105)78(65(111)52(37-98)128-86)134-89-75(121)80(67(113)55(40-101)130-89)136-84-60(92-45(4)104)71(117)64(110)51(36-97)126-84/h31,33,48-57,59-90,96-102,107,109-122H,7-30,32,34-43H2,1-6H3,(H,91,103)(H,92,104)(H,93,105)(H,94,106)(H,95,108)/b33-31+/t48-,49+,50?,51?,52?,53?,54?,55?,56?,57?,59?,60?,61?,62?,63+,64-,65+,66+,67-,68-,69-,70+,71+,72+,73?,74?,75?,76?,77+,78+,79+,80-,81-,82-,83+,84+,85-,86-,87+,88-,89-,90-/m0/s1. The van der Waals surface area contributed by atoms with Crippen molar-refractivity contribution in [2.24, 2.45) is 0 Å². The zero-order chi connectivity index (χ0) is 101. The molecular weight excluding hydrogens is 1840 g/mol. The van der Waals surface area contributed by atoms with Crippen LogP contribution in [0.2, 0.25) is 0 Å². The topological polar surface area (TPSA) is 738 Å². The Morgan fingerprint density at radius 3 is 0.957 bits per heavy atom. The normalized spacial score (nSPS) is 39.1. The van der Waals surface area contributed by atoms with Gasteiger partial charge in [-0.1, -0.05) is 167 Å². The molecule has 8 heterocycles. The quantitative estimate of drug-likeness (QED) is 0.0199. The largest absolute Gasteiger partial charge is 0.394 e. The number of rotatable bonds is 58. The Labute approximate surface area is 802 Å². The van der Waals surface area contributed by atoms with Crippen LogP contribution in [-0.4, -0.2) is 459 Å². The number of nitrogens with one attached hydrogen (secondary N) is 5. The van der Waals surface area contributed by atoms with Crippen LogP contribution < -0.4 is 26.6 Å². The van der Waals surface area contributed by atoms with Crippen LogP contribution in [0, 0.1) is 0 Å². The van der Waals surface area contributed by atoms with Crippen molar-refractivity contribution in [3.05, 3.63) is 12.2 Å². The predicted octanol–water partition coefficient (Wildman–Crippen LogP) is -7.27. The van der Waals surface area contributed by atoms with Crippen LogP contribution in [0.5, 0.6) is 0 Å². The van der Waals surface area contributed by atoms with Crippen molar-refractivity contribution in [3.8, 4) is 0 Å². The lowest BCUT2D eigenvalue weighted by Gasteiger charge is -2.51. The zero-order valence-corrected chi connectivity index (χ0v) is 79.6. The van der Waals surface area contributed by atoms with Gasteiger partial charge in [0.25, 0.3) is 0 Å². The van der Waals surface area contributed by atoms with Gasteiger partial charge in [0.2, 0.25) is 29.5 Å². The van der Waals surface area contributed by atoms with E-state index in [1.54, 1.807) is 6.08 Å². The summed E-state index contributed by atoms with van der Waals surface area (Å²) in [7, 11) is 0. The number of amides is 5. The molecule has 8 aliphatic rings. The molecule has 0 aromatic carbocycles. The molecule has 5 amide bonds. The minimum atomic E-state index is -2.54. The summed E-state index contributed by atoms with van der Waals surface area (Å²) in [5, 5.41) is 264. The first-order valence-corrected chi connectivity index (χ1v) is 49.0. The molecule has 42 atom stereocenters. The number of hydrogen-bond acceptors (Lipinski definition) is 43. The van der Waals surface area contributed by atoms with E-state index in [2.05, 4.69) is 40.4 Å². The smallest absolute Gasteiger partial charge is 0.220 e. The summed E-state index contributed by atoms with van der Waals surface area (Å²) in [5.74, 6) is -4.01. The molecule has 0 bridgehead atoms. The van der Waals surface area contributed by atoms with E-state index in [1.165, 1.54) is 89.9 Å². The fourth-order valence-electron chi connectivity index (χ4n) is 18.4. The maximum Gasteiger partial charge on any atom is 0.220 e. The molecule has 48 nitrogen and oxygen atoms in total. The second kappa shape index (κ2) is 60.6. The summed E-state index contributed by atoms with van der Waals surface area (Å²) in [6.07, 6.45) is -44.7. The first kappa shape index (κ1) is 119. The number of carbonyl (C=O) groups excluding carboxylic acids is 5. The number of carbonyl (C=O) groups is 5. The van der Waals surface area contributed by atoms with Gasteiger partial charge in [-0.3, -0.25) is 24.0 Å². The minimum Gasteiger partial charge on any atom is -0.394 e. The van der Waals surface area contributed by atoms with Crippen molar-refractivity contribution in [2.45, 2.75) is 466 Å². The van der Waals surface area contributed by atoms with Crippen molar-refractivity contribution < 1.29 is 212 Å². The Balaban J connectivity index is 1.03. The minimum absolute atomic E-state index is 0.132. The molecule has 138 heavy (non-hydrogen) atoms. The zero-order valence-electron chi connectivity index (χ0n) is 79.6. The van der Waals surface area contributed by atoms with Crippen LogP contribution in [0.25, 0.3) is 0 Å². The highest BCUT2D eigenvalue weighted by Gasteiger charge is 2.61. The van der Waals surface area contributed by atoms with Gasteiger partial charge in [-0.15, -0.1) is 0 Å². The van der Waals surface area contributed by atoms with Crippen molar-refractivity contribution >= 4 is 29.5 Å². The molecule has 27 N–H and O–H groups in total. The van der Waals surface area contributed by atoms with E-state index in [9.17, 15) is 136 Å². The van der Waals surface area contributed by atoms with Gasteiger partial charge in [0, 0.05) is 34.1 Å². The Kier molecular flexibility index (Phi) is 52.2. The molecule has 8 fully saturated rings. The summed E-state index contributed by atoms with van der Waals surface area (Å²) in [6, 6.07) is -8.56. The summed E-state index contributed by atoms with van der Waals surface area (Å²) < 4.78 is 96.8. The molecular formula is C90H159N5O43. The number of unbranched alkanes of at least 4 members (excludes halogenated alkanes) is 23. The van der Waals surface area contributed by atoms with Crippen molar-refractivity contribution in [2.75, 3.05) is 59.5 Å². The van der Waals surface area contributed by atoms with Crippen molar-refractivity contribution in [1.29, 1.82) is 0 Å². The molecule has 0 aromatic heterocycles. The van der Waals surface area contributed by atoms with E-state index in [1.807, 2.05) is 6.08 Å². The van der Waals surface area contributed by atoms with E-state index >= 15 is 0 Å². The summed E-state index contributed by atoms with van der Waals surface area (Å²) in [4.78, 5) is 65.7. The lowest BCUT2D eigenvalue weighted by atomic mass is 9.93.